The van der Waals surface area contributed by atoms with Crippen molar-refractivity contribution in [3.8, 4) is 0 Å². The number of hydrogen-bond donors (Lipinski definition) is 0. The van der Waals surface area contributed by atoms with Gasteiger partial charge in [-0.2, -0.15) is 0 Å². The molecule has 0 atom stereocenters. The summed E-state index contributed by atoms with van der Waals surface area (Å²) in [7, 11) is 0. The third kappa shape index (κ3) is 4.02. The molecule has 0 saturated carbocycles. The summed E-state index contributed by atoms with van der Waals surface area (Å²) >= 11 is 0. The molecule has 1 aromatic carbocycles. The van der Waals surface area contributed by atoms with E-state index in [0.717, 1.165) is 39.0 Å². The highest BCUT2D eigenvalue weighted by Crippen LogP contribution is 2.26. The quantitative estimate of drug-likeness (QED) is 0.801. The summed E-state index contributed by atoms with van der Waals surface area (Å²) in [5.74, 6) is 0.555. The van der Waals surface area contributed by atoms with Crippen LogP contribution in [0.15, 0.2) is 41.0 Å². The number of hydrogen-bond acceptors (Lipinski definition) is 4. The van der Waals surface area contributed by atoms with Gasteiger partial charge in [-0.1, -0.05) is 12.1 Å². The molecule has 0 aliphatic carbocycles. The summed E-state index contributed by atoms with van der Waals surface area (Å²) in [6.45, 7) is 8.78. The number of amides is 2. The summed E-state index contributed by atoms with van der Waals surface area (Å²) < 4.78 is 5.21. The van der Waals surface area contributed by atoms with Gasteiger partial charge in [-0.25, -0.2) is 0 Å². The third-order valence-corrected chi connectivity index (χ3v) is 6.37. The minimum atomic E-state index is -0.0805. The lowest BCUT2D eigenvalue weighted by atomic mass is 9.94. The van der Waals surface area contributed by atoms with E-state index in [1.54, 1.807) is 17.0 Å². The van der Waals surface area contributed by atoms with Gasteiger partial charge in [0.2, 0.25) is 5.91 Å². The van der Waals surface area contributed by atoms with E-state index < -0.39 is 0 Å². The molecule has 0 unspecified atom stereocenters. The van der Waals surface area contributed by atoms with Crippen LogP contribution in [0.1, 0.15) is 34.5 Å². The molecule has 0 N–H and O–H groups in total. The van der Waals surface area contributed by atoms with Crippen LogP contribution in [0.25, 0.3) is 0 Å². The molecule has 2 aliphatic rings. The molecule has 29 heavy (non-hydrogen) atoms. The normalized spacial score (nSPS) is 18.2. The topological polar surface area (TPSA) is 57.0 Å². The number of piperazine rings is 1. The van der Waals surface area contributed by atoms with Crippen LogP contribution in [0.2, 0.25) is 0 Å². The van der Waals surface area contributed by atoms with E-state index in [4.69, 9.17) is 4.42 Å². The lowest BCUT2D eigenvalue weighted by Crippen LogP contribution is -2.52. The van der Waals surface area contributed by atoms with E-state index in [1.165, 1.54) is 23.1 Å². The monoisotopic (exact) mass is 395 g/mol. The van der Waals surface area contributed by atoms with Gasteiger partial charge >= 0.3 is 0 Å². The Morgan fingerprint density at radius 2 is 1.62 bits per heavy atom. The number of piperidine rings is 1. The van der Waals surface area contributed by atoms with Crippen molar-refractivity contribution >= 4 is 17.5 Å². The second-order valence-electron chi connectivity index (χ2n) is 8.08. The van der Waals surface area contributed by atoms with Gasteiger partial charge in [0.1, 0.15) is 0 Å². The first-order valence-electron chi connectivity index (χ1n) is 10.5. The van der Waals surface area contributed by atoms with Crippen LogP contribution in [0.4, 0.5) is 5.69 Å². The van der Waals surface area contributed by atoms with Gasteiger partial charge in [0.15, 0.2) is 5.76 Å². The molecule has 2 aliphatic heterocycles. The molecule has 1 aromatic heterocycles. The Labute approximate surface area is 172 Å². The van der Waals surface area contributed by atoms with E-state index in [-0.39, 0.29) is 17.7 Å². The molecule has 2 amide bonds. The van der Waals surface area contributed by atoms with Gasteiger partial charge in [0.05, 0.1) is 6.26 Å². The lowest BCUT2D eigenvalue weighted by molar-refractivity contribution is -0.137. The molecule has 2 aromatic rings. The van der Waals surface area contributed by atoms with Crippen LogP contribution in [-0.2, 0) is 4.79 Å². The van der Waals surface area contributed by atoms with Crippen LogP contribution >= 0.6 is 0 Å². The van der Waals surface area contributed by atoms with Crippen molar-refractivity contribution in [2.75, 3.05) is 44.2 Å². The predicted molar refractivity (Wildman–Crippen MR) is 112 cm³/mol. The first-order chi connectivity index (χ1) is 14.0. The highest BCUT2D eigenvalue weighted by Gasteiger charge is 2.32. The first kappa shape index (κ1) is 19.6. The molecule has 0 bridgehead atoms. The smallest absolute Gasteiger partial charge is 0.289 e. The largest absolute Gasteiger partial charge is 0.459 e. The summed E-state index contributed by atoms with van der Waals surface area (Å²) in [6, 6.07) is 9.83. The van der Waals surface area contributed by atoms with Crippen LogP contribution in [0, 0.1) is 19.8 Å². The zero-order valence-electron chi connectivity index (χ0n) is 17.3. The number of likely N-dealkylation sites (tertiary alicyclic amines) is 1. The first-order valence-corrected chi connectivity index (χ1v) is 10.5. The number of carbonyl (C=O) groups is 2. The van der Waals surface area contributed by atoms with Crippen LogP contribution in [-0.4, -0.2) is 60.9 Å². The van der Waals surface area contributed by atoms with Crippen molar-refractivity contribution in [3.05, 3.63) is 53.5 Å². The Morgan fingerprint density at radius 3 is 2.28 bits per heavy atom. The van der Waals surface area contributed by atoms with Gasteiger partial charge in [0.25, 0.3) is 5.91 Å². The summed E-state index contributed by atoms with van der Waals surface area (Å²) in [5.41, 5.74) is 3.90. The van der Waals surface area contributed by atoms with Crippen molar-refractivity contribution in [2.45, 2.75) is 26.7 Å². The fourth-order valence-electron chi connectivity index (χ4n) is 4.39. The highest BCUT2D eigenvalue weighted by atomic mass is 16.3. The molecule has 2 fully saturated rings. The Morgan fingerprint density at radius 1 is 0.897 bits per heavy atom. The van der Waals surface area contributed by atoms with Crippen molar-refractivity contribution in [1.82, 2.24) is 9.80 Å². The average Bonchev–Trinajstić information content (AvgIpc) is 3.30. The number of carbonyl (C=O) groups excluding carboxylic acids is 2. The maximum Gasteiger partial charge on any atom is 0.289 e. The van der Waals surface area contributed by atoms with Crippen molar-refractivity contribution in [2.24, 2.45) is 5.92 Å². The minimum Gasteiger partial charge on any atom is -0.459 e. The Bertz CT molecular complexity index is 861. The van der Waals surface area contributed by atoms with Gasteiger partial charge in [-0.15, -0.1) is 0 Å². The van der Waals surface area contributed by atoms with Gasteiger partial charge < -0.3 is 19.1 Å². The zero-order chi connectivity index (χ0) is 20.4. The second kappa shape index (κ2) is 8.31. The standard InChI is InChI=1S/C23H29N3O3/c1-17-5-3-6-20(18(17)2)24-12-14-26(15-13-24)22(27)19-8-10-25(11-9-19)23(28)21-7-4-16-29-21/h3-7,16,19H,8-15H2,1-2H3. The summed E-state index contributed by atoms with van der Waals surface area (Å²) in [6.07, 6.45) is 2.96. The molecule has 0 spiro atoms. The molecule has 6 nitrogen and oxygen atoms in total. The summed E-state index contributed by atoms with van der Waals surface area (Å²) in [5, 5.41) is 0. The predicted octanol–water partition coefficient (Wildman–Crippen LogP) is 3.10. The number of nitrogens with zero attached hydrogens (tertiary/aromatic N) is 3. The van der Waals surface area contributed by atoms with E-state index in [2.05, 4.69) is 36.9 Å². The number of benzene rings is 1. The maximum atomic E-state index is 13.0. The van der Waals surface area contributed by atoms with E-state index in [1.807, 2.05) is 4.90 Å². The molecule has 6 heteroatoms. The zero-order valence-corrected chi connectivity index (χ0v) is 17.3. The molecular formula is C23H29N3O3. The van der Waals surface area contributed by atoms with Gasteiger partial charge in [-0.3, -0.25) is 9.59 Å². The van der Waals surface area contributed by atoms with Gasteiger partial charge in [0, 0.05) is 50.9 Å². The van der Waals surface area contributed by atoms with Crippen molar-refractivity contribution in [1.29, 1.82) is 0 Å². The molecular weight excluding hydrogens is 366 g/mol. The Hall–Kier alpha value is -2.76. The lowest BCUT2D eigenvalue weighted by Gasteiger charge is -2.39. The van der Waals surface area contributed by atoms with Crippen molar-refractivity contribution in [3.63, 3.8) is 0 Å². The molecule has 0 radical (unpaired) electrons. The number of aryl methyl sites for hydroxylation is 1. The molecule has 3 heterocycles. The number of anilines is 1. The maximum absolute atomic E-state index is 13.0. The van der Waals surface area contributed by atoms with Crippen LogP contribution < -0.4 is 4.90 Å². The fraction of sp³-hybridized carbons (Fsp3) is 0.478. The minimum absolute atomic E-state index is 0.0166. The molecule has 4 rings (SSSR count). The van der Waals surface area contributed by atoms with E-state index in [0.29, 0.717) is 18.8 Å². The summed E-state index contributed by atoms with van der Waals surface area (Å²) in [4.78, 5) is 31.6. The van der Waals surface area contributed by atoms with Crippen LogP contribution in [0.5, 0.6) is 0 Å². The Balaban J connectivity index is 1.29. The van der Waals surface area contributed by atoms with E-state index in [9.17, 15) is 9.59 Å². The van der Waals surface area contributed by atoms with Crippen LogP contribution in [0.3, 0.4) is 0 Å². The van der Waals surface area contributed by atoms with Crippen molar-refractivity contribution < 1.29 is 14.0 Å². The average molecular weight is 396 g/mol. The highest BCUT2D eigenvalue weighted by molar-refractivity contribution is 5.91. The molecule has 154 valence electrons. The second-order valence-corrected chi connectivity index (χ2v) is 8.08. The number of furan rings is 1. The SMILES string of the molecule is Cc1cccc(N2CCN(C(=O)C3CCN(C(=O)c4ccco4)CC3)CC2)c1C. The number of rotatable bonds is 3. The third-order valence-electron chi connectivity index (χ3n) is 6.37. The van der Waals surface area contributed by atoms with E-state index >= 15 is 0 Å². The molecule has 2 saturated heterocycles. The van der Waals surface area contributed by atoms with Gasteiger partial charge in [-0.05, 0) is 56.0 Å². The Kier molecular flexibility index (Phi) is 5.60. The fourth-order valence-corrected chi connectivity index (χ4v) is 4.39.